The Hall–Kier alpha value is -2.77. The van der Waals surface area contributed by atoms with Gasteiger partial charge < -0.3 is 19.5 Å². The van der Waals surface area contributed by atoms with Crippen molar-refractivity contribution in [2.24, 2.45) is 5.10 Å². The Kier molecular flexibility index (Phi) is 4.18. The van der Waals surface area contributed by atoms with E-state index in [9.17, 15) is 9.59 Å². The summed E-state index contributed by atoms with van der Waals surface area (Å²) in [4.78, 5) is 25.0. The van der Waals surface area contributed by atoms with Gasteiger partial charge in [0.05, 0.1) is 13.3 Å². The predicted molar refractivity (Wildman–Crippen MR) is 92.8 cm³/mol. The number of urea groups is 1. The molecule has 2 fully saturated rings. The first kappa shape index (κ1) is 16.7. The van der Waals surface area contributed by atoms with E-state index in [2.05, 4.69) is 10.4 Å². The highest BCUT2D eigenvalue weighted by Gasteiger charge is 2.51. The van der Waals surface area contributed by atoms with Gasteiger partial charge in [-0.15, -0.1) is 5.01 Å². The van der Waals surface area contributed by atoms with Gasteiger partial charge >= 0.3 is 6.03 Å². The summed E-state index contributed by atoms with van der Waals surface area (Å²) >= 11 is 0. The lowest BCUT2D eigenvalue weighted by atomic mass is 9.82. The second-order valence-electron chi connectivity index (χ2n) is 6.68. The molecule has 1 aromatic carbocycles. The number of rotatable bonds is 3. The van der Waals surface area contributed by atoms with Crippen molar-refractivity contribution in [2.75, 3.05) is 20.3 Å². The molecule has 1 aliphatic carbocycles. The van der Waals surface area contributed by atoms with Crippen molar-refractivity contribution in [1.29, 1.82) is 0 Å². The van der Waals surface area contributed by atoms with E-state index < -0.39 is 11.6 Å². The highest BCUT2D eigenvalue weighted by molar-refractivity contribution is 6.07. The van der Waals surface area contributed by atoms with Gasteiger partial charge in [-0.1, -0.05) is 19.3 Å². The van der Waals surface area contributed by atoms with Crippen LogP contribution in [-0.2, 0) is 4.79 Å². The van der Waals surface area contributed by atoms with E-state index in [-0.39, 0.29) is 5.91 Å². The number of nitrogens with one attached hydrogen (secondary N) is 1. The predicted octanol–water partition coefficient (Wildman–Crippen LogP) is 2.05. The molecule has 0 bridgehead atoms. The minimum Gasteiger partial charge on any atom is -0.493 e. The normalized spacial score (nSPS) is 21.3. The zero-order valence-corrected chi connectivity index (χ0v) is 14.6. The van der Waals surface area contributed by atoms with Crippen LogP contribution in [0.25, 0.3) is 0 Å². The number of carbonyl (C=O) groups excluding carboxylic acids is 2. The highest BCUT2D eigenvalue weighted by Crippen LogP contribution is 2.40. The molecule has 0 atom stereocenters. The smallest absolute Gasteiger partial charge is 0.346 e. The lowest BCUT2D eigenvalue weighted by Gasteiger charge is -2.29. The average molecular weight is 359 g/mol. The van der Waals surface area contributed by atoms with Gasteiger partial charge in [0.25, 0.3) is 5.91 Å². The Labute approximate surface area is 151 Å². The fourth-order valence-electron chi connectivity index (χ4n) is 3.70. The lowest BCUT2D eigenvalue weighted by Crippen LogP contribution is -2.48. The average Bonchev–Trinajstić information content (AvgIpc) is 2.89. The summed E-state index contributed by atoms with van der Waals surface area (Å²) < 4.78 is 16.5. The summed E-state index contributed by atoms with van der Waals surface area (Å²) in [5, 5.41) is 7.88. The second kappa shape index (κ2) is 6.51. The zero-order chi connectivity index (χ0) is 18.1. The summed E-state index contributed by atoms with van der Waals surface area (Å²) in [5.41, 5.74) is -0.131. The van der Waals surface area contributed by atoms with Crippen LogP contribution in [0.5, 0.6) is 17.2 Å². The SMILES string of the molecule is COc1cc(/C=N\N2C(=O)NC3(CCCCC3)C2=O)cc2c1OCCO2. The highest BCUT2D eigenvalue weighted by atomic mass is 16.6. The zero-order valence-electron chi connectivity index (χ0n) is 14.6. The van der Waals surface area contributed by atoms with Gasteiger partial charge in [-0.05, 0) is 25.0 Å². The van der Waals surface area contributed by atoms with E-state index in [1.807, 2.05) is 0 Å². The van der Waals surface area contributed by atoms with Crippen LogP contribution >= 0.6 is 0 Å². The first-order valence-electron chi connectivity index (χ1n) is 8.81. The molecule has 3 amide bonds. The van der Waals surface area contributed by atoms with Gasteiger partial charge in [-0.25, -0.2) is 4.79 Å². The van der Waals surface area contributed by atoms with Crippen LogP contribution in [0, 0.1) is 0 Å². The number of ether oxygens (including phenoxy) is 3. The molecular weight excluding hydrogens is 338 g/mol. The molecule has 1 saturated heterocycles. The second-order valence-corrected chi connectivity index (χ2v) is 6.68. The van der Waals surface area contributed by atoms with Gasteiger partial charge in [0.1, 0.15) is 18.8 Å². The van der Waals surface area contributed by atoms with Crippen LogP contribution in [0.3, 0.4) is 0 Å². The van der Waals surface area contributed by atoms with Crippen molar-refractivity contribution in [3.63, 3.8) is 0 Å². The van der Waals surface area contributed by atoms with Crippen LogP contribution in [-0.4, -0.2) is 49.0 Å². The summed E-state index contributed by atoms with van der Waals surface area (Å²) in [6, 6.07) is 3.00. The van der Waals surface area contributed by atoms with Crippen molar-refractivity contribution in [2.45, 2.75) is 37.6 Å². The number of hydrogen-bond donors (Lipinski definition) is 1. The van der Waals surface area contributed by atoms with E-state index in [4.69, 9.17) is 14.2 Å². The molecular formula is C18H21N3O5. The van der Waals surface area contributed by atoms with E-state index in [0.29, 0.717) is 48.9 Å². The monoisotopic (exact) mass is 359 g/mol. The number of fused-ring (bicyclic) bond motifs is 1. The number of hydrazone groups is 1. The van der Waals surface area contributed by atoms with E-state index in [1.165, 1.54) is 6.21 Å². The van der Waals surface area contributed by atoms with Gasteiger partial charge in [0.2, 0.25) is 5.75 Å². The molecule has 0 aromatic heterocycles. The van der Waals surface area contributed by atoms with Gasteiger partial charge in [0, 0.05) is 5.56 Å². The van der Waals surface area contributed by atoms with Crippen LogP contribution in [0.2, 0.25) is 0 Å². The van der Waals surface area contributed by atoms with E-state index in [1.54, 1.807) is 19.2 Å². The first-order valence-corrected chi connectivity index (χ1v) is 8.81. The van der Waals surface area contributed by atoms with Crippen LogP contribution in [0.4, 0.5) is 4.79 Å². The topological polar surface area (TPSA) is 89.5 Å². The molecule has 8 heteroatoms. The number of benzene rings is 1. The summed E-state index contributed by atoms with van der Waals surface area (Å²) in [7, 11) is 1.54. The molecule has 26 heavy (non-hydrogen) atoms. The number of imide groups is 1. The molecule has 1 N–H and O–H groups in total. The maximum atomic E-state index is 12.7. The molecule has 0 radical (unpaired) electrons. The Morgan fingerprint density at radius 1 is 1.19 bits per heavy atom. The number of carbonyl (C=O) groups is 2. The molecule has 1 aromatic rings. The van der Waals surface area contributed by atoms with Crippen LogP contribution in [0.15, 0.2) is 17.2 Å². The fraction of sp³-hybridized carbons (Fsp3) is 0.500. The van der Waals surface area contributed by atoms with Crippen molar-refractivity contribution in [1.82, 2.24) is 10.3 Å². The Balaban J connectivity index is 1.58. The Morgan fingerprint density at radius 2 is 1.96 bits per heavy atom. The van der Waals surface area contributed by atoms with Crippen LogP contribution < -0.4 is 19.5 Å². The molecule has 138 valence electrons. The summed E-state index contributed by atoms with van der Waals surface area (Å²) in [6.45, 7) is 0.910. The van der Waals surface area contributed by atoms with Crippen molar-refractivity contribution in [3.8, 4) is 17.2 Å². The van der Waals surface area contributed by atoms with Gasteiger partial charge in [-0.3, -0.25) is 4.79 Å². The minimum atomic E-state index is -0.781. The minimum absolute atomic E-state index is 0.275. The molecule has 4 rings (SSSR count). The quantitative estimate of drug-likeness (QED) is 0.659. The maximum Gasteiger partial charge on any atom is 0.346 e. The third kappa shape index (κ3) is 2.75. The molecule has 2 aliphatic heterocycles. The maximum absolute atomic E-state index is 12.7. The molecule has 3 aliphatic rings. The third-order valence-corrected chi connectivity index (χ3v) is 5.02. The molecule has 0 unspecified atom stereocenters. The largest absolute Gasteiger partial charge is 0.493 e. The lowest BCUT2D eigenvalue weighted by molar-refractivity contribution is -0.132. The number of nitrogens with zero attached hydrogens (tertiary/aromatic N) is 2. The Morgan fingerprint density at radius 3 is 2.73 bits per heavy atom. The van der Waals surface area contributed by atoms with E-state index in [0.717, 1.165) is 24.3 Å². The van der Waals surface area contributed by atoms with Crippen LogP contribution in [0.1, 0.15) is 37.7 Å². The van der Waals surface area contributed by atoms with Gasteiger partial charge in [-0.2, -0.15) is 5.10 Å². The third-order valence-electron chi connectivity index (χ3n) is 5.02. The molecule has 1 spiro atoms. The fourth-order valence-corrected chi connectivity index (χ4v) is 3.70. The standard InChI is InChI=1S/C18H21N3O5/c1-24-13-9-12(10-14-15(13)26-8-7-25-14)11-19-21-16(22)18(20-17(21)23)5-3-2-4-6-18/h9-11H,2-8H2,1H3,(H,20,23)/b19-11-. The molecule has 2 heterocycles. The van der Waals surface area contributed by atoms with Crippen molar-refractivity contribution < 1.29 is 23.8 Å². The summed E-state index contributed by atoms with van der Waals surface area (Å²) in [6.07, 6.45) is 5.75. The van der Waals surface area contributed by atoms with Crippen molar-refractivity contribution >= 4 is 18.2 Å². The summed E-state index contributed by atoms with van der Waals surface area (Å²) in [5.74, 6) is 1.35. The Bertz CT molecular complexity index is 753. The van der Waals surface area contributed by atoms with Crippen molar-refractivity contribution in [3.05, 3.63) is 17.7 Å². The molecule has 8 nitrogen and oxygen atoms in total. The molecule has 1 saturated carbocycles. The van der Waals surface area contributed by atoms with E-state index >= 15 is 0 Å². The van der Waals surface area contributed by atoms with Gasteiger partial charge in [0.15, 0.2) is 11.5 Å². The number of methoxy groups -OCH3 is 1. The number of hydrogen-bond acceptors (Lipinski definition) is 6. The first-order chi connectivity index (χ1) is 12.6. The number of amides is 3.